The van der Waals surface area contributed by atoms with Crippen LogP contribution in [-0.4, -0.2) is 50.6 Å². The molecule has 29 heavy (non-hydrogen) atoms. The number of fused-ring (bicyclic) bond motifs is 1. The molecule has 1 amide bonds. The maximum atomic E-state index is 13.3. The molecule has 5 rings (SSSR count). The zero-order valence-electron chi connectivity index (χ0n) is 16.7. The lowest BCUT2D eigenvalue weighted by molar-refractivity contribution is 0.0472. The highest BCUT2D eigenvalue weighted by atomic mass is 19.1. The first kappa shape index (κ1) is 18.2. The molecule has 6 nitrogen and oxygen atoms in total. The average Bonchev–Trinajstić information content (AvgIpc) is 3.45. The Labute approximate surface area is 168 Å². The van der Waals surface area contributed by atoms with Gasteiger partial charge in [0.1, 0.15) is 11.5 Å². The molecular formula is C22H24FN5O. The molecule has 0 unspecified atom stereocenters. The standard InChI is InChI=1S/C22H24FN5O/c1-22(2)13-24-9-10-27(22)21(29)19-12-28-20(25-19)17(14-3-4-14)11-18(26-28)15-5-7-16(23)8-6-15/h5-8,11-12,14,24H,3-4,9-10,13H2,1-2H3. The molecule has 0 atom stereocenters. The molecule has 1 saturated carbocycles. The first-order valence-corrected chi connectivity index (χ1v) is 10.1. The van der Waals surface area contributed by atoms with Crippen LogP contribution < -0.4 is 5.32 Å². The molecule has 0 spiro atoms. The molecule has 3 aromatic rings. The number of carbonyl (C=O) groups excluding carboxylic acids is 1. The third kappa shape index (κ3) is 3.29. The first-order chi connectivity index (χ1) is 13.9. The summed E-state index contributed by atoms with van der Waals surface area (Å²) in [6, 6.07) is 8.37. The summed E-state index contributed by atoms with van der Waals surface area (Å²) in [7, 11) is 0. The van der Waals surface area contributed by atoms with Crippen molar-refractivity contribution in [1.82, 2.24) is 24.8 Å². The zero-order chi connectivity index (χ0) is 20.2. The minimum Gasteiger partial charge on any atom is -0.330 e. The topological polar surface area (TPSA) is 62.5 Å². The quantitative estimate of drug-likeness (QED) is 0.742. The van der Waals surface area contributed by atoms with E-state index < -0.39 is 0 Å². The van der Waals surface area contributed by atoms with E-state index in [0.717, 1.165) is 48.4 Å². The number of halogens is 1. The van der Waals surface area contributed by atoms with E-state index in [0.29, 0.717) is 18.2 Å². The highest BCUT2D eigenvalue weighted by Gasteiger charge is 2.35. The fourth-order valence-corrected chi connectivity index (χ4v) is 4.06. The predicted molar refractivity (Wildman–Crippen MR) is 108 cm³/mol. The molecule has 1 N–H and O–H groups in total. The molecule has 1 aliphatic carbocycles. The van der Waals surface area contributed by atoms with Crippen molar-refractivity contribution in [3.05, 3.63) is 53.6 Å². The summed E-state index contributed by atoms with van der Waals surface area (Å²) in [6.07, 6.45) is 3.96. The molecule has 0 bridgehead atoms. The van der Waals surface area contributed by atoms with Crippen LogP contribution in [0.3, 0.4) is 0 Å². The van der Waals surface area contributed by atoms with Crippen molar-refractivity contribution in [1.29, 1.82) is 0 Å². The van der Waals surface area contributed by atoms with E-state index in [-0.39, 0.29) is 17.3 Å². The predicted octanol–water partition coefficient (Wildman–Crippen LogP) is 3.24. The number of rotatable bonds is 3. The highest BCUT2D eigenvalue weighted by Crippen LogP contribution is 2.42. The lowest BCUT2D eigenvalue weighted by Gasteiger charge is -2.42. The van der Waals surface area contributed by atoms with Gasteiger partial charge in [0.05, 0.1) is 17.4 Å². The van der Waals surface area contributed by atoms with Crippen LogP contribution in [0.15, 0.2) is 36.5 Å². The van der Waals surface area contributed by atoms with E-state index in [1.165, 1.54) is 12.1 Å². The lowest BCUT2D eigenvalue weighted by Crippen LogP contribution is -2.59. The second-order valence-corrected chi connectivity index (χ2v) is 8.61. The van der Waals surface area contributed by atoms with Gasteiger partial charge in [-0.05, 0) is 62.9 Å². The van der Waals surface area contributed by atoms with Gasteiger partial charge in [-0.25, -0.2) is 13.9 Å². The Balaban J connectivity index is 1.58. The molecule has 3 heterocycles. The number of imidazole rings is 1. The number of hydrogen-bond acceptors (Lipinski definition) is 4. The van der Waals surface area contributed by atoms with Crippen molar-refractivity contribution in [2.45, 2.75) is 38.1 Å². The second-order valence-electron chi connectivity index (χ2n) is 8.61. The third-order valence-electron chi connectivity index (χ3n) is 5.88. The van der Waals surface area contributed by atoms with Gasteiger partial charge in [-0.3, -0.25) is 4.79 Å². The van der Waals surface area contributed by atoms with Crippen molar-refractivity contribution in [3.8, 4) is 11.3 Å². The smallest absolute Gasteiger partial charge is 0.274 e. The number of nitrogens with one attached hydrogen (secondary N) is 1. The summed E-state index contributed by atoms with van der Waals surface area (Å²) in [4.78, 5) is 19.8. The summed E-state index contributed by atoms with van der Waals surface area (Å²) < 4.78 is 15.0. The fourth-order valence-electron chi connectivity index (χ4n) is 4.06. The Bertz CT molecular complexity index is 1080. The molecule has 2 aliphatic rings. The molecule has 1 aromatic carbocycles. The van der Waals surface area contributed by atoms with Crippen LogP contribution in [-0.2, 0) is 0 Å². The van der Waals surface area contributed by atoms with Crippen LogP contribution in [0.5, 0.6) is 0 Å². The van der Waals surface area contributed by atoms with Gasteiger partial charge >= 0.3 is 0 Å². The number of amides is 1. The van der Waals surface area contributed by atoms with Gasteiger partial charge in [-0.1, -0.05) is 0 Å². The number of benzene rings is 1. The van der Waals surface area contributed by atoms with Gasteiger partial charge < -0.3 is 10.2 Å². The van der Waals surface area contributed by atoms with Crippen molar-refractivity contribution in [2.24, 2.45) is 0 Å². The molecule has 0 radical (unpaired) electrons. The monoisotopic (exact) mass is 393 g/mol. The third-order valence-corrected chi connectivity index (χ3v) is 5.88. The van der Waals surface area contributed by atoms with E-state index >= 15 is 0 Å². The summed E-state index contributed by atoms with van der Waals surface area (Å²) in [5, 5.41) is 8.02. The zero-order valence-corrected chi connectivity index (χ0v) is 16.7. The maximum Gasteiger partial charge on any atom is 0.274 e. The summed E-state index contributed by atoms with van der Waals surface area (Å²) in [5.74, 6) is 0.110. The maximum absolute atomic E-state index is 13.3. The fraction of sp³-hybridized carbons (Fsp3) is 0.409. The molecular weight excluding hydrogens is 369 g/mol. The van der Waals surface area contributed by atoms with Gasteiger partial charge in [0.2, 0.25) is 0 Å². The lowest BCUT2D eigenvalue weighted by atomic mass is 10.00. The number of aromatic nitrogens is 3. The molecule has 7 heteroatoms. The first-order valence-electron chi connectivity index (χ1n) is 10.1. The van der Waals surface area contributed by atoms with Crippen molar-refractivity contribution >= 4 is 11.6 Å². The number of hydrogen-bond donors (Lipinski definition) is 1. The number of carbonyl (C=O) groups is 1. The van der Waals surface area contributed by atoms with Crippen LogP contribution in [0, 0.1) is 5.82 Å². The average molecular weight is 393 g/mol. The second kappa shape index (κ2) is 6.62. The van der Waals surface area contributed by atoms with Crippen LogP contribution >= 0.6 is 0 Å². The minimum absolute atomic E-state index is 0.0629. The SMILES string of the molecule is CC1(C)CNCCN1C(=O)c1cn2nc(-c3ccc(F)cc3)cc(C3CC3)c2n1. The normalized spacial score (nSPS) is 18.9. The Morgan fingerprint density at radius 2 is 2.00 bits per heavy atom. The summed E-state index contributed by atoms with van der Waals surface area (Å²) in [6.45, 7) is 6.32. The summed E-state index contributed by atoms with van der Waals surface area (Å²) in [5.41, 5.74) is 3.62. The molecule has 2 fully saturated rings. The van der Waals surface area contributed by atoms with Crippen LogP contribution in [0.4, 0.5) is 4.39 Å². The van der Waals surface area contributed by atoms with E-state index in [2.05, 4.69) is 24.3 Å². The van der Waals surface area contributed by atoms with E-state index in [9.17, 15) is 9.18 Å². The van der Waals surface area contributed by atoms with Crippen molar-refractivity contribution < 1.29 is 9.18 Å². The van der Waals surface area contributed by atoms with Gasteiger partial charge in [0.25, 0.3) is 5.91 Å². The largest absolute Gasteiger partial charge is 0.330 e. The van der Waals surface area contributed by atoms with Crippen LogP contribution in [0.2, 0.25) is 0 Å². The Kier molecular flexibility index (Phi) is 4.17. The van der Waals surface area contributed by atoms with Crippen LogP contribution in [0.25, 0.3) is 16.9 Å². The van der Waals surface area contributed by atoms with Crippen molar-refractivity contribution in [2.75, 3.05) is 19.6 Å². The molecule has 2 aromatic heterocycles. The Hall–Kier alpha value is -2.80. The molecule has 1 aliphatic heterocycles. The van der Waals surface area contributed by atoms with E-state index in [1.807, 2.05) is 11.0 Å². The Morgan fingerprint density at radius 3 is 2.69 bits per heavy atom. The van der Waals surface area contributed by atoms with Gasteiger partial charge in [-0.15, -0.1) is 0 Å². The van der Waals surface area contributed by atoms with E-state index in [4.69, 9.17) is 4.98 Å². The van der Waals surface area contributed by atoms with Crippen molar-refractivity contribution in [3.63, 3.8) is 0 Å². The molecule has 1 saturated heterocycles. The minimum atomic E-state index is -0.272. The number of piperazine rings is 1. The van der Waals surface area contributed by atoms with Gasteiger partial charge in [0, 0.05) is 30.8 Å². The van der Waals surface area contributed by atoms with Crippen LogP contribution in [0.1, 0.15) is 48.7 Å². The number of nitrogens with zero attached hydrogens (tertiary/aromatic N) is 4. The Morgan fingerprint density at radius 1 is 1.24 bits per heavy atom. The van der Waals surface area contributed by atoms with E-state index in [1.54, 1.807) is 22.8 Å². The highest BCUT2D eigenvalue weighted by molar-refractivity contribution is 5.93. The van der Waals surface area contributed by atoms with Gasteiger partial charge in [-0.2, -0.15) is 5.10 Å². The van der Waals surface area contributed by atoms with Gasteiger partial charge in [0.15, 0.2) is 5.65 Å². The molecule has 150 valence electrons. The summed E-state index contributed by atoms with van der Waals surface area (Å²) >= 11 is 0.